The zero-order valence-corrected chi connectivity index (χ0v) is 15.6. The van der Waals surface area contributed by atoms with Crippen LogP contribution in [0.3, 0.4) is 0 Å². The second-order valence-electron chi connectivity index (χ2n) is 6.06. The molecule has 6 heteroatoms. The normalized spacial score (nSPS) is 27.2. The van der Waals surface area contributed by atoms with Crippen LogP contribution in [-0.2, 0) is 28.5 Å². The van der Waals surface area contributed by atoms with Crippen molar-refractivity contribution in [2.75, 3.05) is 33.0 Å². The zero-order valence-electron chi connectivity index (χ0n) is 15.6. The second kappa shape index (κ2) is 12.6. The van der Waals surface area contributed by atoms with Crippen molar-refractivity contribution in [1.29, 1.82) is 0 Å². The van der Waals surface area contributed by atoms with Crippen molar-refractivity contribution >= 4 is 5.97 Å². The predicted molar refractivity (Wildman–Crippen MR) is 91.1 cm³/mol. The van der Waals surface area contributed by atoms with Gasteiger partial charge in [-0.1, -0.05) is 26.7 Å². The Morgan fingerprint density at radius 2 is 1.71 bits per heavy atom. The van der Waals surface area contributed by atoms with Gasteiger partial charge in [-0.2, -0.15) is 0 Å². The van der Waals surface area contributed by atoms with Gasteiger partial charge in [0.15, 0.2) is 6.10 Å². The lowest BCUT2D eigenvalue weighted by atomic mass is 9.99. The summed E-state index contributed by atoms with van der Waals surface area (Å²) in [4.78, 5) is 11.6. The number of carbonyl (C=O) groups is 1. The highest BCUT2D eigenvalue weighted by Crippen LogP contribution is 2.25. The molecule has 0 aromatic carbocycles. The minimum atomic E-state index is -0.508. The highest BCUT2D eigenvalue weighted by Gasteiger charge is 2.44. The topological polar surface area (TPSA) is 63.2 Å². The summed E-state index contributed by atoms with van der Waals surface area (Å²) in [6.45, 7) is 10.2. The largest absolute Gasteiger partial charge is 0.457 e. The molecule has 0 aromatic rings. The Morgan fingerprint density at radius 3 is 2.29 bits per heavy atom. The molecule has 1 saturated heterocycles. The molecule has 0 N–H and O–H groups in total. The van der Waals surface area contributed by atoms with Crippen LogP contribution in [0.1, 0.15) is 53.4 Å². The fourth-order valence-electron chi connectivity index (χ4n) is 2.63. The fraction of sp³-hybridized carbons (Fsp3) is 0.944. The second-order valence-corrected chi connectivity index (χ2v) is 6.06. The third kappa shape index (κ3) is 7.47. The Labute approximate surface area is 146 Å². The fourth-order valence-corrected chi connectivity index (χ4v) is 2.63. The van der Waals surface area contributed by atoms with Crippen molar-refractivity contribution in [3.05, 3.63) is 0 Å². The summed E-state index contributed by atoms with van der Waals surface area (Å²) < 4.78 is 28.9. The van der Waals surface area contributed by atoms with Gasteiger partial charge in [0, 0.05) is 26.7 Å². The van der Waals surface area contributed by atoms with E-state index in [2.05, 4.69) is 13.8 Å². The van der Waals surface area contributed by atoms with Crippen LogP contribution in [-0.4, -0.2) is 63.4 Å². The number of hydrogen-bond donors (Lipinski definition) is 0. The number of hydrogen-bond acceptors (Lipinski definition) is 6. The van der Waals surface area contributed by atoms with Gasteiger partial charge in [0.25, 0.3) is 0 Å². The van der Waals surface area contributed by atoms with Gasteiger partial charge >= 0.3 is 5.97 Å². The lowest BCUT2D eigenvalue weighted by Gasteiger charge is -2.41. The van der Waals surface area contributed by atoms with E-state index in [-0.39, 0.29) is 24.3 Å². The molecular weight excluding hydrogens is 312 g/mol. The van der Waals surface area contributed by atoms with Gasteiger partial charge in [-0.05, 0) is 19.8 Å². The van der Waals surface area contributed by atoms with E-state index in [9.17, 15) is 4.79 Å². The summed E-state index contributed by atoms with van der Waals surface area (Å²) in [6.07, 6.45) is 2.67. The van der Waals surface area contributed by atoms with Crippen LogP contribution in [0.5, 0.6) is 0 Å². The molecule has 1 rings (SSSR count). The molecule has 0 radical (unpaired) electrons. The van der Waals surface area contributed by atoms with Crippen molar-refractivity contribution in [1.82, 2.24) is 0 Å². The molecule has 6 nitrogen and oxygen atoms in total. The summed E-state index contributed by atoms with van der Waals surface area (Å²) >= 11 is 0. The van der Waals surface area contributed by atoms with E-state index >= 15 is 0 Å². The van der Waals surface area contributed by atoms with Crippen LogP contribution < -0.4 is 0 Å². The quantitative estimate of drug-likeness (QED) is 0.400. The predicted octanol–water partition coefficient (Wildman–Crippen LogP) is 2.72. The molecule has 0 unspecified atom stereocenters. The maximum atomic E-state index is 11.6. The van der Waals surface area contributed by atoms with Gasteiger partial charge in [0.2, 0.25) is 0 Å². The number of rotatable bonds is 12. The minimum absolute atomic E-state index is 0.226. The van der Waals surface area contributed by atoms with Gasteiger partial charge in [-0.3, -0.25) is 4.79 Å². The Bertz CT molecular complexity index is 335. The van der Waals surface area contributed by atoms with Crippen molar-refractivity contribution in [2.45, 2.75) is 77.8 Å². The molecule has 0 spiro atoms. The molecule has 0 aliphatic carbocycles. The first-order valence-corrected chi connectivity index (χ1v) is 9.23. The van der Waals surface area contributed by atoms with E-state index in [4.69, 9.17) is 23.7 Å². The molecule has 0 bridgehead atoms. The monoisotopic (exact) mass is 346 g/mol. The smallest absolute Gasteiger partial charge is 0.303 e. The van der Waals surface area contributed by atoms with Gasteiger partial charge in [-0.15, -0.1) is 0 Å². The van der Waals surface area contributed by atoms with E-state index in [0.717, 1.165) is 25.7 Å². The van der Waals surface area contributed by atoms with Crippen LogP contribution in [0.2, 0.25) is 0 Å². The average Bonchev–Trinajstić information content (AvgIpc) is 2.56. The molecule has 142 valence electrons. The standard InChI is InChI=1S/C18H34O6/c1-5-8-10-21-16-13-23-15(12-20-7-3)18(24-14(4)19)17(16)22-11-9-6-2/h15-18H,5-13H2,1-4H3/t15-,16+,17-,18-/m1/s1. The Morgan fingerprint density at radius 1 is 1.04 bits per heavy atom. The Balaban J connectivity index is 2.79. The third-order valence-electron chi connectivity index (χ3n) is 3.96. The van der Waals surface area contributed by atoms with Crippen LogP contribution in [0.15, 0.2) is 0 Å². The Kier molecular flexibility index (Phi) is 11.2. The summed E-state index contributed by atoms with van der Waals surface area (Å²) in [5.41, 5.74) is 0. The molecular formula is C18H34O6. The number of esters is 1. The maximum Gasteiger partial charge on any atom is 0.303 e. The van der Waals surface area contributed by atoms with Gasteiger partial charge in [0.1, 0.15) is 18.3 Å². The number of ether oxygens (including phenoxy) is 5. The van der Waals surface area contributed by atoms with Crippen molar-refractivity contribution in [3.63, 3.8) is 0 Å². The molecule has 0 amide bonds. The minimum Gasteiger partial charge on any atom is -0.457 e. The van der Waals surface area contributed by atoms with Crippen LogP contribution >= 0.6 is 0 Å². The summed E-state index contributed by atoms with van der Waals surface area (Å²) in [5.74, 6) is -0.344. The van der Waals surface area contributed by atoms with E-state index in [1.165, 1.54) is 6.92 Å². The van der Waals surface area contributed by atoms with Crippen molar-refractivity contribution < 1.29 is 28.5 Å². The molecule has 1 aliphatic rings. The van der Waals surface area contributed by atoms with E-state index in [1.54, 1.807) is 0 Å². The number of carbonyl (C=O) groups excluding carboxylic acids is 1. The van der Waals surface area contributed by atoms with E-state index in [1.807, 2.05) is 6.92 Å². The van der Waals surface area contributed by atoms with Crippen molar-refractivity contribution in [2.24, 2.45) is 0 Å². The summed E-state index contributed by atoms with van der Waals surface area (Å²) in [5, 5.41) is 0. The molecule has 1 heterocycles. The molecule has 0 saturated carbocycles. The van der Waals surface area contributed by atoms with Gasteiger partial charge in [0.05, 0.1) is 13.2 Å². The summed E-state index contributed by atoms with van der Waals surface area (Å²) in [6, 6.07) is 0. The molecule has 1 fully saturated rings. The molecule has 4 atom stereocenters. The SMILES string of the molecule is CCCCO[C@H]1[C@H](OC(C)=O)[C@@H](COCC)OC[C@@H]1OCCCC. The Hall–Kier alpha value is -0.690. The first-order valence-electron chi connectivity index (χ1n) is 9.23. The highest BCUT2D eigenvalue weighted by molar-refractivity contribution is 5.66. The van der Waals surface area contributed by atoms with Crippen molar-refractivity contribution in [3.8, 4) is 0 Å². The number of unbranched alkanes of at least 4 members (excludes halogenated alkanes) is 2. The van der Waals surface area contributed by atoms with E-state index in [0.29, 0.717) is 33.0 Å². The lowest BCUT2D eigenvalue weighted by molar-refractivity contribution is -0.235. The molecule has 0 aromatic heterocycles. The van der Waals surface area contributed by atoms with Crippen LogP contribution in [0.25, 0.3) is 0 Å². The first kappa shape index (κ1) is 21.4. The van der Waals surface area contributed by atoms with Crippen LogP contribution in [0, 0.1) is 0 Å². The van der Waals surface area contributed by atoms with Crippen LogP contribution in [0.4, 0.5) is 0 Å². The van der Waals surface area contributed by atoms with Gasteiger partial charge < -0.3 is 23.7 Å². The van der Waals surface area contributed by atoms with E-state index < -0.39 is 6.10 Å². The first-order chi connectivity index (χ1) is 11.6. The van der Waals surface area contributed by atoms with Gasteiger partial charge in [-0.25, -0.2) is 0 Å². The third-order valence-corrected chi connectivity index (χ3v) is 3.96. The maximum absolute atomic E-state index is 11.6. The molecule has 24 heavy (non-hydrogen) atoms. The lowest BCUT2D eigenvalue weighted by Crippen LogP contribution is -2.58. The summed E-state index contributed by atoms with van der Waals surface area (Å²) in [7, 11) is 0. The zero-order chi connectivity index (χ0) is 17.8. The average molecular weight is 346 g/mol. The molecule has 1 aliphatic heterocycles. The highest BCUT2D eigenvalue weighted by atomic mass is 16.6.